The SMILES string of the molecule is O=C(NC1CCN(C2CC2)CC1)N[C@H]1CCOc2ccc(Br)cc21. The first kappa shape index (κ1) is 16.2. The van der Waals surface area contributed by atoms with Crippen LogP contribution < -0.4 is 15.4 Å². The van der Waals surface area contributed by atoms with Crippen LogP contribution in [0.3, 0.4) is 0 Å². The second-order valence-corrected chi connectivity index (χ2v) is 7.95. The number of nitrogens with one attached hydrogen (secondary N) is 2. The Bertz CT molecular complexity index is 612. The number of hydrogen-bond donors (Lipinski definition) is 2. The smallest absolute Gasteiger partial charge is 0.315 e. The summed E-state index contributed by atoms with van der Waals surface area (Å²) in [5.41, 5.74) is 1.05. The summed E-state index contributed by atoms with van der Waals surface area (Å²) in [6.45, 7) is 2.87. The summed E-state index contributed by atoms with van der Waals surface area (Å²) in [4.78, 5) is 15.0. The van der Waals surface area contributed by atoms with Crippen LogP contribution >= 0.6 is 15.9 Å². The van der Waals surface area contributed by atoms with E-state index in [2.05, 4.69) is 31.5 Å². The van der Waals surface area contributed by atoms with Crippen molar-refractivity contribution < 1.29 is 9.53 Å². The molecular formula is C18H24BrN3O2. The van der Waals surface area contributed by atoms with Crippen LogP contribution in [0.4, 0.5) is 4.79 Å². The summed E-state index contributed by atoms with van der Waals surface area (Å²) in [5, 5.41) is 6.29. The minimum Gasteiger partial charge on any atom is -0.493 e. The minimum absolute atomic E-state index is 0.0119. The molecule has 1 saturated carbocycles. The van der Waals surface area contributed by atoms with E-state index in [0.29, 0.717) is 12.6 Å². The average molecular weight is 394 g/mol. The Hall–Kier alpha value is -1.27. The van der Waals surface area contributed by atoms with Crippen molar-refractivity contribution in [3.63, 3.8) is 0 Å². The topological polar surface area (TPSA) is 53.6 Å². The van der Waals surface area contributed by atoms with Crippen LogP contribution in [-0.2, 0) is 0 Å². The lowest BCUT2D eigenvalue weighted by Crippen LogP contribution is -2.49. The normalized spacial score (nSPS) is 24.8. The molecule has 0 radical (unpaired) electrons. The van der Waals surface area contributed by atoms with Gasteiger partial charge in [-0.1, -0.05) is 15.9 Å². The van der Waals surface area contributed by atoms with Crippen molar-refractivity contribution in [1.29, 1.82) is 0 Å². The van der Waals surface area contributed by atoms with Gasteiger partial charge in [0.25, 0.3) is 0 Å². The van der Waals surface area contributed by atoms with E-state index in [9.17, 15) is 4.79 Å². The number of amides is 2. The van der Waals surface area contributed by atoms with Crippen LogP contribution in [0.2, 0.25) is 0 Å². The van der Waals surface area contributed by atoms with Gasteiger partial charge < -0.3 is 20.3 Å². The summed E-state index contributed by atoms with van der Waals surface area (Å²) in [6.07, 6.45) is 5.63. The van der Waals surface area contributed by atoms with Gasteiger partial charge in [-0.2, -0.15) is 0 Å². The first-order valence-corrected chi connectivity index (χ1v) is 9.71. The van der Waals surface area contributed by atoms with Crippen LogP contribution in [0.5, 0.6) is 5.75 Å². The number of carbonyl (C=O) groups is 1. The quantitative estimate of drug-likeness (QED) is 0.828. The van der Waals surface area contributed by atoms with Gasteiger partial charge in [0.05, 0.1) is 12.6 Å². The highest BCUT2D eigenvalue weighted by molar-refractivity contribution is 9.10. The summed E-state index contributed by atoms with van der Waals surface area (Å²) in [5.74, 6) is 0.868. The molecule has 0 unspecified atom stereocenters. The highest BCUT2D eigenvalue weighted by Gasteiger charge is 2.32. The molecule has 0 aromatic heterocycles. The molecule has 0 spiro atoms. The molecule has 1 aromatic rings. The van der Waals surface area contributed by atoms with Gasteiger partial charge in [-0.05, 0) is 43.9 Å². The number of halogens is 1. The van der Waals surface area contributed by atoms with Crippen LogP contribution in [-0.4, -0.2) is 42.7 Å². The van der Waals surface area contributed by atoms with Crippen molar-refractivity contribution in [3.05, 3.63) is 28.2 Å². The van der Waals surface area contributed by atoms with Gasteiger partial charge in [0.2, 0.25) is 0 Å². The zero-order valence-corrected chi connectivity index (χ0v) is 15.3. The van der Waals surface area contributed by atoms with Gasteiger partial charge in [0.15, 0.2) is 0 Å². The fourth-order valence-electron chi connectivity index (χ4n) is 3.75. The summed E-state index contributed by atoms with van der Waals surface area (Å²) in [7, 11) is 0. The van der Waals surface area contributed by atoms with Crippen molar-refractivity contribution in [3.8, 4) is 5.75 Å². The van der Waals surface area contributed by atoms with E-state index in [1.807, 2.05) is 18.2 Å². The Morgan fingerprint density at radius 2 is 1.92 bits per heavy atom. The molecule has 5 nitrogen and oxygen atoms in total. The molecule has 1 atom stereocenters. The van der Waals surface area contributed by atoms with Gasteiger partial charge >= 0.3 is 6.03 Å². The van der Waals surface area contributed by atoms with Gasteiger partial charge in [-0.3, -0.25) is 0 Å². The third kappa shape index (κ3) is 3.70. The Kier molecular flexibility index (Phi) is 4.68. The number of likely N-dealkylation sites (tertiary alicyclic amines) is 1. The van der Waals surface area contributed by atoms with Gasteiger partial charge in [-0.25, -0.2) is 4.79 Å². The number of fused-ring (bicyclic) bond motifs is 1. The zero-order valence-electron chi connectivity index (χ0n) is 13.8. The fraction of sp³-hybridized carbons (Fsp3) is 0.611. The van der Waals surface area contributed by atoms with E-state index < -0.39 is 0 Å². The molecule has 2 amide bonds. The van der Waals surface area contributed by atoms with Crippen LogP contribution in [0.25, 0.3) is 0 Å². The lowest BCUT2D eigenvalue weighted by Gasteiger charge is -2.33. The lowest BCUT2D eigenvalue weighted by molar-refractivity contribution is 0.183. The number of nitrogens with zero attached hydrogens (tertiary/aromatic N) is 1. The van der Waals surface area contributed by atoms with Crippen molar-refractivity contribution in [1.82, 2.24) is 15.5 Å². The summed E-state index contributed by atoms with van der Waals surface area (Å²) >= 11 is 3.50. The highest BCUT2D eigenvalue weighted by atomic mass is 79.9. The zero-order chi connectivity index (χ0) is 16.5. The van der Waals surface area contributed by atoms with Gasteiger partial charge in [0, 0.05) is 41.6 Å². The van der Waals surface area contributed by atoms with Crippen LogP contribution in [0.15, 0.2) is 22.7 Å². The third-order valence-corrected chi connectivity index (χ3v) is 5.74. The number of benzene rings is 1. The van der Waals surface area contributed by atoms with E-state index in [1.165, 1.54) is 12.8 Å². The number of urea groups is 1. The molecule has 2 fully saturated rings. The molecule has 1 aromatic carbocycles. The third-order valence-electron chi connectivity index (χ3n) is 5.24. The molecule has 3 aliphatic rings. The molecule has 6 heteroatoms. The average Bonchev–Trinajstić information content (AvgIpc) is 3.41. The first-order valence-electron chi connectivity index (χ1n) is 8.92. The molecule has 4 rings (SSSR count). The molecule has 2 heterocycles. The first-order chi connectivity index (χ1) is 11.7. The summed E-state index contributed by atoms with van der Waals surface area (Å²) in [6, 6.07) is 7.04. The predicted molar refractivity (Wildman–Crippen MR) is 96.3 cm³/mol. The molecule has 2 N–H and O–H groups in total. The van der Waals surface area contributed by atoms with Crippen LogP contribution in [0.1, 0.15) is 43.7 Å². The lowest BCUT2D eigenvalue weighted by atomic mass is 10.0. The Morgan fingerprint density at radius 1 is 1.12 bits per heavy atom. The van der Waals surface area contributed by atoms with E-state index in [0.717, 1.165) is 54.2 Å². The fourth-order valence-corrected chi connectivity index (χ4v) is 4.13. The Morgan fingerprint density at radius 3 is 2.67 bits per heavy atom. The molecular weight excluding hydrogens is 370 g/mol. The summed E-state index contributed by atoms with van der Waals surface area (Å²) < 4.78 is 6.69. The Balaban J connectivity index is 1.31. The van der Waals surface area contributed by atoms with Gasteiger partial charge in [-0.15, -0.1) is 0 Å². The van der Waals surface area contributed by atoms with Crippen molar-refractivity contribution in [2.75, 3.05) is 19.7 Å². The maximum absolute atomic E-state index is 12.4. The van der Waals surface area contributed by atoms with Crippen LogP contribution in [0, 0.1) is 0 Å². The van der Waals surface area contributed by atoms with E-state index in [1.54, 1.807) is 0 Å². The molecule has 2 aliphatic heterocycles. The molecule has 1 aliphatic carbocycles. The molecule has 24 heavy (non-hydrogen) atoms. The maximum atomic E-state index is 12.4. The minimum atomic E-state index is -0.0577. The van der Waals surface area contributed by atoms with E-state index in [-0.39, 0.29) is 12.1 Å². The number of ether oxygens (including phenoxy) is 1. The number of hydrogen-bond acceptors (Lipinski definition) is 3. The maximum Gasteiger partial charge on any atom is 0.315 e. The monoisotopic (exact) mass is 393 g/mol. The van der Waals surface area contributed by atoms with E-state index in [4.69, 9.17) is 4.74 Å². The van der Waals surface area contributed by atoms with Crippen molar-refractivity contribution in [2.24, 2.45) is 0 Å². The number of rotatable bonds is 3. The predicted octanol–water partition coefficient (Wildman–Crippen LogP) is 3.20. The largest absolute Gasteiger partial charge is 0.493 e. The standard InChI is InChI=1S/C18H24BrN3O2/c19-12-1-4-17-15(11-12)16(7-10-24-17)21-18(23)20-13-5-8-22(9-6-13)14-2-3-14/h1,4,11,13-14,16H,2-3,5-10H2,(H2,20,21,23)/t16-/m0/s1. The number of carbonyl (C=O) groups excluding carboxylic acids is 1. The highest BCUT2D eigenvalue weighted by Crippen LogP contribution is 2.34. The van der Waals surface area contributed by atoms with E-state index >= 15 is 0 Å². The number of piperidine rings is 1. The Labute approximate surface area is 151 Å². The second kappa shape index (κ2) is 6.92. The molecule has 1 saturated heterocycles. The molecule has 130 valence electrons. The molecule has 0 bridgehead atoms. The van der Waals surface area contributed by atoms with Gasteiger partial charge in [0.1, 0.15) is 5.75 Å². The van der Waals surface area contributed by atoms with Crippen molar-refractivity contribution >= 4 is 22.0 Å². The van der Waals surface area contributed by atoms with Crippen molar-refractivity contribution in [2.45, 2.75) is 50.2 Å². The second-order valence-electron chi connectivity index (χ2n) is 7.03.